The molecule has 1 amide bonds. The molecule has 0 fully saturated rings. The second kappa shape index (κ2) is 6.95. The van der Waals surface area contributed by atoms with Gasteiger partial charge in [-0.2, -0.15) is 0 Å². The second-order valence-electron chi connectivity index (χ2n) is 6.13. The van der Waals surface area contributed by atoms with Gasteiger partial charge in [0.2, 0.25) is 5.91 Å². The first-order valence-electron chi connectivity index (χ1n) is 8.25. The first-order chi connectivity index (χ1) is 11.6. The number of amides is 1. The number of benzene rings is 2. The van der Waals surface area contributed by atoms with Crippen molar-refractivity contribution in [2.45, 2.75) is 32.2 Å². The van der Waals surface area contributed by atoms with E-state index in [4.69, 9.17) is 9.47 Å². The number of hydrogen-bond acceptors (Lipinski definition) is 3. The largest absolute Gasteiger partial charge is 0.493 e. The number of rotatable bonds is 5. The average molecular weight is 325 g/mol. The number of ether oxygens (including phenoxy) is 2. The Bertz CT molecular complexity index is 741. The van der Waals surface area contributed by atoms with E-state index < -0.39 is 0 Å². The topological polar surface area (TPSA) is 38.8 Å². The zero-order valence-corrected chi connectivity index (χ0v) is 14.4. The van der Waals surface area contributed by atoms with Gasteiger partial charge >= 0.3 is 0 Å². The lowest BCUT2D eigenvalue weighted by atomic mass is 10.1. The third-order valence-electron chi connectivity index (χ3n) is 4.55. The number of carbonyl (C=O) groups excluding carboxylic acids is 1. The minimum Gasteiger partial charge on any atom is -0.493 e. The lowest BCUT2D eigenvalue weighted by Crippen LogP contribution is -2.35. The molecule has 0 bridgehead atoms. The molecule has 0 N–H and O–H groups in total. The van der Waals surface area contributed by atoms with Crippen LogP contribution >= 0.6 is 0 Å². The van der Waals surface area contributed by atoms with Crippen molar-refractivity contribution < 1.29 is 14.3 Å². The van der Waals surface area contributed by atoms with Crippen LogP contribution < -0.4 is 14.4 Å². The summed E-state index contributed by atoms with van der Waals surface area (Å²) in [5, 5.41) is 0. The molecule has 0 saturated carbocycles. The quantitative estimate of drug-likeness (QED) is 0.843. The van der Waals surface area contributed by atoms with E-state index in [2.05, 4.69) is 13.0 Å². The maximum Gasteiger partial charge on any atom is 0.227 e. The third kappa shape index (κ3) is 3.09. The lowest BCUT2D eigenvalue weighted by molar-refractivity contribution is -0.118. The molecule has 0 spiro atoms. The van der Waals surface area contributed by atoms with Crippen LogP contribution in [0.4, 0.5) is 5.69 Å². The maximum absolute atomic E-state index is 12.7. The van der Waals surface area contributed by atoms with Crippen LogP contribution in [0.3, 0.4) is 0 Å². The highest BCUT2D eigenvalue weighted by molar-refractivity contribution is 5.96. The summed E-state index contributed by atoms with van der Waals surface area (Å²) in [6, 6.07) is 14.2. The Morgan fingerprint density at radius 2 is 1.88 bits per heavy atom. The zero-order chi connectivity index (χ0) is 17.1. The van der Waals surface area contributed by atoms with Crippen LogP contribution in [0.1, 0.15) is 24.5 Å². The molecule has 1 heterocycles. The van der Waals surface area contributed by atoms with Crippen LogP contribution in [0.2, 0.25) is 0 Å². The summed E-state index contributed by atoms with van der Waals surface area (Å²) in [6.45, 7) is 2.11. The summed E-state index contributed by atoms with van der Waals surface area (Å²) >= 11 is 0. The van der Waals surface area contributed by atoms with Crippen molar-refractivity contribution in [2.75, 3.05) is 19.1 Å². The number of methoxy groups -OCH3 is 2. The van der Waals surface area contributed by atoms with Crippen LogP contribution in [-0.4, -0.2) is 26.2 Å². The van der Waals surface area contributed by atoms with Gasteiger partial charge in [-0.1, -0.05) is 24.3 Å². The fourth-order valence-electron chi connectivity index (χ4n) is 3.35. The average Bonchev–Trinajstić information content (AvgIpc) is 2.95. The number of carbonyl (C=O) groups is 1. The molecule has 3 rings (SSSR count). The van der Waals surface area contributed by atoms with E-state index >= 15 is 0 Å². The monoisotopic (exact) mass is 325 g/mol. The number of anilines is 1. The van der Waals surface area contributed by atoms with Crippen molar-refractivity contribution in [2.24, 2.45) is 0 Å². The predicted octanol–water partition coefficient (Wildman–Crippen LogP) is 3.61. The van der Waals surface area contributed by atoms with Crippen LogP contribution in [0.5, 0.6) is 11.5 Å². The molecule has 0 aromatic heterocycles. The molecule has 1 aliphatic rings. The van der Waals surface area contributed by atoms with Crippen molar-refractivity contribution >= 4 is 11.6 Å². The molecule has 0 radical (unpaired) electrons. The van der Waals surface area contributed by atoms with E-state index in [-0.39, 0.29) is 11.9 Å². The van der Waals surface area contributed by atoms with E-state index in [0.29, 0.717) is 24.3 Å². The Balaban J connectivity index is 1.70. The first-order valence-corrected chi connectivity index (χ1v) is 8.25. The summed E-state index contributed by atoms with van der Waals surface area (Å²) in [7, 11) is 3.24. The highest BCUT2D eigenvalue weighted by atomic mass is 16.5. The van der Waals surface area contributed by atoms with E-state index in [1.54, 1.807) is 14.2 Å². The van der Waals surface area contributed by atoms with E-state index in [1.807, 2.05) is 41.3 Å². The Morgan fingerprint density at radius 1 is 1.12 bits per heavy atom. The highest BCUT2D eigenvalue weighted by Crippen LogP contribution is 2.33. The summed E-state index contributed by atoms with van der Waals surface area (Å²) in [5.41, 5.74) is 3.38. The van der Waals surface area contributed by atoms with Crippen molar-refractivity contribution in [3.05, 3.63) is 53.6 Å². The molecule has 4 nitrogen and oxygen atoms in total. The van der Waals surface area contributed by atoms with Crippen LogP contribution in [-0.2, 0) is 17.6 Å². The number of hydrogen-bond donors (Lipinski definition) is 0. The Morgan fingerprint density at radius 3 is 2.62 bits per heavy atom. The molecule has 1 atom stereocenters. The van der Waals surface area contributed by atoms with Crippen molar-refractivity contribution in [1.82, 2.24) is 0 Å². The summed E-state index contributed by atoms with van der Waals surface area (Å²) < 4.78 is 10.6. The Kier molecular flexibility index (Phi) is 4.74. The molecular weight excluding hydrogens is 302 g/mol. The maximum atomic E-state index is 12.7. The number of nitrogens with zero attached hydrogens (tertiary/aromatic N) is 1. The number of para-hydroxylation sites is 1. The van der Waals surface area contributed by atoms with Crippen molar-refractivity contribution in [3.8, 4) is 11.5 Å². The molecule has 0 saturated heterocycles. The van der Waals surface area contributed by atoms with Gasteiger partial charge in [-0.05, 0) is 49.1 Å². The zero-order valence-electron chi connectivity index (χ0n) is 14.4. The number of aryl methyl sites for hydroxylation is 1. The van der Waals surface area contributed by atoms with Gasteiger partial charge in [0.05, 0.1) is 14.2 Å². The smallest absolute Gasteiger partial charge is 0.227 e. The Hall–Kier alpha value is -2.49. The van der Waals surface area contributed by atoms with Gasteiger partial charge in [0.15, 0.2) is 11.5 Å². The van der Waals surface area contributed by atoms with Crippen molar-refractivity contribution in [3.63, 3.8) is 0 Å². The minimum atomic E-state index is 0.169. The van der Waals surface area contributed by atoms with Gasteiger partial charge in [0.1, 0.15) is 0 Å². The molecule has 0 aliphatic carbocycles. The minimum absolute atomic E-state index is 0.169. The van der Waals surface area contributed by atoms with Gasteiger partial charge < -0.3 is 14.4 Å². The fraction of sp³-hybridized carbons (Fsp3) is 0.350. The molecule has 2 aromatic carbocycles. The van der Waals surface area contributed by atoms with Crippen molar-refractivity contribution in [1.29, 1.82) is 0 Å². The van der Waals surface area contributed by atoms with Crippen LogP contribution in [0, 0.1) is 0 Å². The summed E-state index contributed by atoms with van der Waals surface area (Å²) in [5.74, 6) is 1.57. The molecule has 2 aromatic rings. The summed E-state index contributed by atoms with van der Waals surface area (Å²) in [4.78, 5) is 14.7. The van der Waals surface area contributed by atoms with Gasteiger partial charge in [0.25, 0.3) is 0 Å². The molecule has 1 unspecified atom stereocenters. The van der Waals surface area contributed by atoms with Gasteiger partial charge in [-0.3, -0.25) is 4.79 Å². The molecule has 24 heavy (non-hydrogen) atoms. The molecule has 4 heteroatoms. The summed E-state index contributed by atoms with van der Waals surface area (Å²) in [6.07, 6.45) is 2.09. The van der Waals surface area contributed by atoms with Gasteiger partial charge in [-0.15, -0.1) is 0 Å². The standard InChI is InChI=1S/C20H23NO3/c1-14-12-16-6-4-5-7-17(16)21(14)20(22)11-9-15-8-10-18(23-2)19(13-15)24-3/h4-8,10,13-14H,9,11-12H2,1-3H3. The second-order valence-corrected chi connectivity index (χ2v) is 6.13. The fourth-order valence-corrected chi connectivity index (χ4v) is 3.35. The highest BCUT2D eigenvalue weighted by Gasteiger charge is 2.29. The predicted molar refractivity (Wildman–Crippen MR) is 95.0 cm³/mol. The molecular formula is C20H23NO3. The lowest BCUT2D eigenvalue weighted by Gasteiger charge is -2.22. The van der Waals surface area contributed by atoms with E-state index in [0.717, 1.165) is 17.7 Å². The third-order valence-corrected chi connectivity index (χ3v) is 4.55. The van der Waals surface area contributed by atoms with Gasteiger partial charge in [0, 0.05) is 18.2 Å². The molecule has 126 valence electrons. The first kappa shape index (κ1) is 16.4. The Labute approximate surface area is 143 Å². The SMILES string of the molecule is COc1ccc(CCC(=O)N2c3ccccc3CC2C)cc1OC. The van der Waals surface area contributed by atoms with E-state index in [9.17, 15) is 4.79 Å². The number of fused-ring (bicyclic) bond motifs is 1. The van der Waals surface area contributed by atoms with Crippen LogP contribution in [0.15, 0.2) is 42.5 Å². The van der Waals surface area contributed by atoms with Crippen LogP contribution in [0.25, 0.3) is 0 Å². The van der Waals surface area contributed by atoms with E-state index in [1.165, 1.54) is 5.56 Å². The van der Waals surface area contributed by atoms with Gasteiger partial charge in [-0.25, -0.2) is 0 Å². The normalized spacial score (nSPS) is 16.0. The molecule has 1 aliphatic heterocycles.